The number of hydrogen-bond acceptors (Lipinski definition) is 5. The molecule has 0 spiro atoms. The molecule has 7 nitrogen and oxygen atoms in total. The zero-order valence-corrected chi connectivity index (χ0v) is 17.8. The second kappa shape index (κ2) is 9.13. The molecule has 9 heteroatoms. The molecule has 0 saturated carbocycles. The number of rotatable bonds is 6. The predicted octanol–water partition coefficient (Wildman–Crippen LogP) is 3.40. The summed E-state index contributed by atoms with van der Waals surface area (Å²) >= 11 is 6.18. The van der Waals surface area contributed by atoms with Gasteiger partial charge in [0.15, 0.2) is 0 Å². The van der Waals surface area contributed by atoms with E-state index in [1.54, 1.807) is 24.3 Å². The van der Waals surface area contributed by atoms with Crippen molar-refractivity contribution in [3.05, 3.63) is 53.1 Å². The summed E-state index contributed by atoms with van der Waals surface area (Å²) in [6.45, 7) is 5.12. The quantitative estimate of drug-likeness (QED) is 0.747. The third kappa shape index (κ3) is 5.27. The van der Waals surface area contributed by atoms with Crippen LogP contribution in [-0.2, 0) is 14.8 Å². The first-order valence-corrected chi connectivity index (χ1v) is 11.0. The van der Waals surface area contributed by atoms with Crippen LogP contribution in [0.3, 0.4) is 0 Å². The van der Waals surface area contributed by atoms with E-state index in [9.17, 15) is 13.2 Å². The fourth-order valence-electron chi connectivity index (χ4n) is 2.85. The standard InChI is InChI=1S/C20H23ClN2O5S/c1-14(2)28-16-5-3-15(4-6-16)20(24)22-19-13-17(7-8-18(19)21)29(25,26)23-9-11-27-12-10-23/h3-8,13-14H,9-12H2,1-2H3,(H,22,24). The van der Waals surface area contributed by atoms with Crippen molar-refractivity contribution in [3.8, 4) is 5.75 Å². The summed E-state index contributed by atoms with van der Waals surface area (Å²) in [6, 6.07) is 10.9. The number of nitrogens with zero attached hydrogens (tertiary/aromatic N) is 1. The fourth-order valence-corrected chi connectivity index (χ4v) is 4.45. The first-order chi connectivity index (χ1) is 13.8. The van der Waals surface area contributed by atoms with Gasteiger partial charge >= 0.3 is 0 Å². The van der Waals surface area contributed by atoms with Crippen LogP contribution in [-0.4, -0.2) is 51.0 Å². The minimum absolute atomic E-state index is 0.0321. The number of morpholine rings is 1. The zero-order valence-electron chi connectivity index (χ0n) is 16.2. The van der Waals surface area contributed by atoms with Crippen molar-refractivity contribution in [3.63, 3.8) is 0 Å². The SMILES string of the molecule is CC(C)Oc1ccc(C(=O)Nc2cc(S(=O)(=O)N3CCOCC3)ccc2Cl)cc1. The van der Waals surface area contributed by atoms with Gasteiger partial charge in [-0.25, -0.2) is 8.42 Å². The molecule has 29 heavy (non-hydrogen) atoms. The minimum Gasteiger partial charge on any atom is -0.491 e. The number of benzene rings is 2. The van der Waals surface area contributed by atoms with Gasteiger partial charge in [0.2, 0.25) is 10.0 Å². The summed E-state index contributed by atoms with van der Waals surface area (Å²) in [4.78, 5) is 12.6. The third-order valence-corrected chi connectivity index (χ3v) is 6.51. The van der Waals surface area contributed by atoms with Crippen molar-refractivity contribution in [2.75, 3.05) is 31.6 Å². The van der Waals surface area contributed by atoms with Crippen LogP contribution in [0.2, 0.25) is 5.02 Å². The van der Waals surface area contributed by atoms with Crippen molar-refractivity contribution in [1.82, 2.24) is 4.31 Å². The number of nitrogens with one attached hydrogen (secondary N) is 1. The Morgan fingerprint density at radius 2 is 1.79 bits per heavy atom. The molecule has 2 aromatic rings. The van der Waals surface area contributed by atoms with Crippen LogP contribution >= 0.6 is 11.6 Å². The molecular weight excluding hydrogens is 416 g/mol. The van der Waals surface area contributed by atoms with E-state index in [4.69, 9.17) is 21.1 Å². The molecule has 1 heterocycles. The van der Waals surface area contributed by atoms with E-state index in [0.29, 0.717) is 24.5 Å². The van der Waals surface area contributed by atoms with E-state index < -0.39 is 15.9 Å². The lowest BCUT2D eigenvalue weighted by Gasteiger charge is -2.26. The van der Waals surface area contributed by atoms with Gasteiger partial charge < -0.3 is 14.8 Å². The van der Waals surface area contributed by atoms with Crippen molar-refractivity contribution in [1.29, 1.82) is 0 Å². The van der Waals surface area contributed by atoms with Crippen molar-refractivity contribution < 1.29 is 22.7 Å². The van der Waals surface area contributed by atoms with Crippen LogP contribution in [0.1, 0.15) is 24.2 Å². The Bertz CT molecular complexity index is 971. The number of ether oxygens (including phenoxy) is 2. The van der Waals surface area contributed by atoms with Crippen LogP contribution < -0.4 is 10.1 Å². The maximum Gasteiger partial charge on any atom is 0.255 e. The van der Waals surface area contributed by atoms with Crippen LogP contribution in [0.15, 0.2) is 47.4 Å². The highest BCUT2D eigenvalue weighted by atomic mass is 35.5. The van der Waals surface area contributed by atoms with Crippen molar-refractivity contribution in [2.24, 2.45) is 0 Å². The molecule has 1 aliphatic heterocycles. The second-order valence-corrected chi connectivity index (χ2v) is 9.15. The average molecular weight is 439 g/mol. The molecule has 0 bridgehead atoms. The lowest BCUT2D eigenvalue weighted by molar-refractivity contribution is 0.0730. The second-order valence-electron chi connectivity index (χ2n) is 6.80. The number of amides is 1. The van der Waals surface area contributed by atoms with Gasteiger partial charge in [-0.15, -0.1) is 0 Å². The lowest BCUT2D eigenvalue weighted by atomic mass is 10.2. The highest BCUT2D eigenvalue weighted by Gasteiger charge is 2.27. The van der Waals surface area contributed by atoms with Gasteiger partial charge in [-0.3, -0.25) is 4.79 Å². The van der Waals surface area contributed by atoms with E-state index in [1.807, 2.05) is 13.8 Å². The molecule has 0 unspecified atom stereocenters. The third-order valence-electron chi connectivity index (χ3n) is 4.28. The molecule has 0 aliphatic carbocycles. The molecule has 156 valence electrons. The molecule has 2 aromatic carbocycles. The van der Waals surface area contributed by atoms with Gasteiger partial charge in [0.25, 0.3) is 5.91 Å². The number of anilines is 1. The minimum atomic E-state index is -3.69. The fraction of sp³-hybridized carbons (Fsp3) is 0.350. The summed E-state index contributed by atoms with van der Waals surface area (Å²) in [5, 5.41) is 2.93. The van der Waals surface area contributed by atoms with E-state index in [1.165, 1.54) is 22.5 Å². The van der Waals surface area contributed by atoms with Gasteiger partial charge in [0, 0.05) is 18.7 Å². The number of carbonyl (C=O) groups excluding carboxylic acids is 1. The monoisotopic (exact) mass is 438 g/mol. The Kier molecular flexibility index (Phi) is 6.79. The number of halogens is 1. The van der Waals surface area contributed by atoms with Crippen molar-refractivity contribution >= 4 is 33.2 Å². The Morgan fingerprint density at radius 1 is 1.14 bits per heavy atom. The molecule has 0 atom stereocenters. The number of hydrogen-bond donors (Lipinski definition) is 1. The van der Waals surface area contributed by atoms with E-state index in [2.05, 4.69) is 5.32 Å². The molecule has 1 fully saturated rings. The van der Waals surface area contributed by atoms with Gasteiger partial charge in [0.1, 0.15) is 5.75 Å². The van der Waals surface area contributed by atoms with E-state index in [0.717, 1.165) is 0 Å². The average Bonchev–Trinajstić information content (AvgIpc) is 2.70. The topological polar surface area (TPSA) is 84.9 Å². The maximum atomic E-state index is 12.8. The van der Waals surface area contributed by atoms with Crippen LogP contribution in [0.5, 0.6) is 5.75 Å². The van der Waals surface area contributed by atoms with Gasteiger partial charge in [-0.2, -0.15) is 4.31 Å². The number of sulfonamides is 1. The highest BCUT2D eigenvalue weighted by molar-refractivity contribution is 7.89. The Balaban J connectivity index is 1.78. The first-order valence-electron chi connectivity index (χ1n) is 9.23. The van der Waals surface area contributed by atoms with Crippen LogP contribution in [0.4, 0.5) is 5.69 Å². The smallest absolute Gasteiger partial charge is 0.255 e. The summed E-state index contributed by atoms with van der Waals surface area (Å²) in [5.41, 5.74) is 0.632. The molecular formula is C20H23ClN2O5S. The normalized spacial score (nSPS) is 15.3. The van der Waals surface area contributed by atoms with Gasteiger partial charge in [0.05, 0.1) is 34.9 Å². The Hall–Kier alpha value is -2.13. The molecule has 1 saturated heterocycles. The molecule has 1 amide bonds. The maximum absolute atomic E-state index is 12.8. The number of carbonyl (C=O) groups is 1. The summed E-state index contributed by atoms with van der Waals surface area (Å²) in [7, 11) is -3.69. The van der Waals surface area contributed by atoms with Crippen molar-refractivity contribution in [2.45, 2.75) is 24.8 Å². The molecule has 3 rings (SSSR count). The highest BCUT2D eigenvalue weighted by Crippen LogP contribution is 2.28. The molecule has 1 N–H and O–H groups in total. The largest absolute Gasteiger partial charge is 0.491 e. The van der Waals surface area contributed by atoms with Crippen LogP contribution in [0, 0.1) is 0 Å². The van der Waals surface area contributed by atoms with E-state index >= 15 is 0 Å². The lowest BCUT2D eigenvalue weighted by Crippen LogP contribution is -2.40. The first kappa shape index (κ1) is 21.6. The summed E-state index contributed by atoms with van der Waals surface area (Å²) < 4.78 is 37.8. The molecule has 1 aliphatic rings. The van der Waals surface area contributed by atoms with Gasteiger partial charge in [-0.05, 0) is 56.3 Å². The summed E-state index contributed by atoms with van der Waals surface area (Å²) in [6.07, 6.45) is 0.0321. The van der Waals surface area contributed by atoms with Gasteiger partial charge in [-0.1, -0.05) is 11.6 Å². The Labute approximate surface area is 175 Å². The Morgan fingerprint density at radius 3 is 2.41 bits per heavy atom. The predicted molar refractivity (Wildman–Crippen MR) is 111 cm³/mol. The van der Waals surface area contributed by atoms with Crippen LogP contribution in [0.25, 0.3) is 0 Å². The summed E-state index contributed by atoms with van der Waals surface area (Å²) in [5.74, 6) is 0.261. The van der Waals surface area contributed by atoms with E-state index in [-0.39, 0.29) is 34.8 Å². The molecule has 0 radical (unpaired) electrons. The molecule has 0 aromatic heterocycles. The zero-order chi connectivity index (χ0) is 21.0.